The van der Waals surface area contributed by atoms with Crippen LogP contribution < -0.4 is 10.1 Å². The van der Waals surface area contributed by atoms with E-state index in [1.54, 1.807) is 0 Å². The van der Waals surface area contributed by atoms with Crippen molar-refractivity contribution in [2.75, 3.05) is 26.2 Å². The lowest BCUT2D eigenvalue weighted by atomic mass is 9.86. The summed E-state index contributed by atoms with van der Waals surface area (Å²) in [5.41, 5.74) is 7.46. The Kier molecular flexibility index (Phi) is 12.9. The van der Waals surface area contributed by atoms with Gasteiger partial charge in [0.05, 0.1) is 6.04 Å². The third-order valence-electron chi connectivity index (χ3n) is 9.93. The number of amides is 1. The quantitative estimate of drug-likeness (QED) is 0.145. The zero-order valence-electron chi connectivity index (χ0n) is 31.4. The normalized spacial score (nSPS) is 14.8. The monoisotopic (exact) mass is 673 g/mol. The molecule has 266 valence electrons. The number of rotatable bonds is 14. The average molecular weight is 674 g/mol. The molecular weight excluding hydrogens is 615 g/mol. The number of carbonyl (C=O) groups excluding carboxylic acids is 1. The molecule has 0 radical (unpaired) electrons. The van der Waals surface area contributed by atoms with E-state index < -0.39 is 0 Å². The van der Waals surface area contributed by atoms with Crippen LogP contribution in [0.15, 0.2) is 103 Å². The molecule has 1 atom stereocenters. The fraction of sp³-hybridized carbons (Fsp3) is 0.444. The molecule has 4 aromatic carbocycles. The number of piperidine rings is 1. The Bertz CT molecular complexity index is 1540. The van der Waals surface area contributed by atoms with Crippen LogP contribution in [0.25, 0.3) is 0 Å². The number of nitrogens with one attached hydrogen (secondary N) is 1. The summed E-state index contributed by atoms with van der Waals surface area (Å²) in [7, 11) is 0. The number of ether oxygens (including phenoxy) is 1. The van der Waals surface area contributed by atoms with Crippen molar-refractivity contribution in [1.29, 1.82) is 0 Å². The number of likely N-dealkylation sites (tertiary alicyclic amines) is 1. The van der Waals surface area contributed by atoms with E-state index in [2.05, 4.69) is 129 Å². The highest BCUT2D eigenvalue weighted by molar-refractivity contribution is 5.82. The van der Waals surface area contributed by atoms with E-state index in [-0.39, 0.29) is 22.8 Å². The highest BCUT2D eigenvalue weighted by Gasteiger charge is 2.28. The summed E-state index contributed by atoms with van der Waals surface area (Å²) in [5, 5.41) is 3.36. The maximum Gasteiger partial charge on any atom is 0.237 e. The number of benzene rings is 4. The molecule has 5 heteroatoms. The molecule has 1 aliphatic heterocycles. The Morgan fingerprint density at radius 3 is 1.72 bits per heavy atom. The Morgan fingerprint density at radius 1 is 0.680 bits per heavy atom. The van der Waals surface area contributed by atoms with Crippen molar-refractivity contribution in [2.45, 2.75) is 104 Å². The van der Waals surface area contributed by atoms with E-state index in [9.17, 15) is 4.79 Å². The van der Waals surface area contributed by atoms with Gasteiger partial charge in [-0.1, -0.05) is 139 Å². The molecular formula is C45H59N3O2. The molecule has 50 heavy (non-hydrogen) atoms. The number of hydrogen-bond acceptors (Lipinski definition) is 4. The van der Waals surface area contributed by atoms with E-state index in [1.807, 2.05) is 30.3 Å². The Labute approximate surface area is 302 Å². The molecule has 0 bridgehead atoms. The lowest BCUT2D eigenvalue weighted by Gasteiger charge is -2.32. The van der Waals surface area contributed by atoms with Gasteiger partial charge in [-0.15, -0.1) is 0 Å². The summed E-state index contributed by atoms with van der Waals surface area (Å²) in [6, 6.07) is 36.1. The average Bonchev–Trinajstić information content (AvgIpc) is 3.10. The maximum atomic E-state index is 14.3. The van der Waals surface area contributed by atoms with Crippen LogP contribution in [0.4, 0.5) is 0 Å². The van der Waals surface area contributed by atoms with Crippen molar-refractivity contribution in [3.63, 3.8) is 0 Å². The van der Waals surface area contributed by atoms with Crippen LogP contribution >= 0.6 is 0 Å². The molecule has 1 N–H and O–H groups in total. The van der Waals surface area contributed by atoms with Crippen molar-refractivity contribution in [3.8, 4) is 5.75 Å². The second-order valence-corrected chi connectivity index (χ2v) is 16.1. The van der Waals surface area contributed by atoms with Crippen molar-refractivity contribution >= 4 is 5.91 Å². The molecule has 1 heterocycles. The lowest BCUT2D eigenvalue weighted by Crippen LogP contribution is -2.49. The molecule has 1 fully saturated rings. The third kappa shape index (κ3) is 11.3. The van der Waals surface area contributed by atoms with Crippen LogP contribution in [0.1, 0.15) is 94.2 Å². The molecule has 0 aromatic heterocycles. The largest absolute Gasteiger partial charge is 0.489 e. The maximum absolute atomic E-state index is 14.3. The zero-order valence-corrected chi connectivity index (χ0v) is 31.4. The third-order valence-corrected chi connectivity index (χ3v) is 9.93. The molecule has 1 unspecified atom stereocenters. The van der Waals surface area contributed by atoms with Crippen molar-refractivity contribution < 1.29 is 9.53 Å². The predicted molar refractivity (Wildman–Crippen MR) is 208 cm³/mol. The van der Waals surface area contributed by atoms with Gasteiger partial charge in [0.1, 0.15) is 12.4 Å². The zero-order chi connectivity index (χ0) is 35.6. The summed E-state index contributed by atoms with van der Waals surface area (Å²) in [6.45, 7) is 19.2. The first-order chi connectivity index (χ1) is 23.9. The Balaban J connectivity index is 1.39. The smallest absolute Gasteiger partial charge is 0.237 e. The SMILES string of the molecule is CC(C)(C)c1ccc(CN(Cc2ccc(C(C)(C)C)cc2)C(Cc2ccc(OCc3ccccc3)cc2)C(=O)NCCN2CCCCC2)cc1. The van der Waals surface area contributed by atoms with Gasteiger partial charge in [0, 0.05) is 26.2 Å². The Morgan fingerprint density at radius 2 is 1.20 bits per heavy atom. The molecule has 1 amide bonds. The molecule has 0 aliphatic carbocycles. The van der Waals surface area contributed by atoms with Gasteiger partial charge in [-0.3, -0.25) is 9.69 Å². The number of hydrogen-bond donors (Lipinski definition) is 1. The van der Waals surface area contributed by atoms with Crippen molar-refractivity contribution in [2.24, 2.45) is 0 Å². The number of carbonyl (C=O) groups is 1. The van der Waals surface area contributed by atoms with Gasteiger partial charge in [-0.2, -0.15) is 0 Å². The van der Waals surface area contributed by atoms with E-state index in [4.69, 9.17) is 4.74 Å². The molecule has 4 aromatic rings. The van der Waals surface area contributed by atoms with Crippen LogP contribution in [0, 0.1) is 0 Å². The molecule has 5 nitrogen and oxygen atoms in total. The first-order valence-corrected chi connectivity index (χ1v) is 18.6. The molecule has 0 saturated carbocycles. The molecule has 0 spiro atoms. The van der Waals surface area contributed by atoms with Crippen LogP contribution in [0.5, 0.6) is 5.75 Å². The van der Waals surface area contributed by atoms with Gasteiger partial charge in [0.2, 0.25) is 5.91 Å². The second kappa shape index (κ2) is 17.3. The lowest BCUT2D eigenvalue weighted by molar-refractivity contribution is -0.127. The minimum atomic E-state index is -0.350. The van der Waals surface area contributed by atoms with E-state index >= 15 is 0 Å². The summed E-state index contributed by atoms with van der Waals surface area (Å²) >= 11 is 0. The molecule has 5 rings (SSSR count). The van der Waals surface area contributed by atoms with Gasteiger partial charge in [-0.25, -0.2) is 0 Å². The van der Waals surface area contributed by atoms with E-state index in [1.165, 1.54) is 41.5 Å². The fourth-order valence-corrected chi connectivity index (χ4v) is 6.68. The first-order valence-electron chi connectivity index (χ1n) is 18.6. The Hall–Kier alpha value is -3.93. The summed E-state index contributed by atoms with van der Waals surface area (Å²) < 4.78 is 6.09. The van der Waals surface area contributed by atoms with E-state index in [0.29, 0.717) is 32.7 Å². The summed E-state index contributed by atoms with van der Waals surface area (Å²) in [6.07, 6.45) is 4.41. The summed E-state index contributed by atoms with van der Waals surface area (Å²) in [4.78, 5) is 19.2. The molecule has 1 aliphatic rings. The minimum absolute atomic E-state index is 0.0841. The van der Waals surface area contributed by atoms with E-state index in [0.717, 1.165) is 36.5 Å². The van der Waals surface area contributed by atoms with Crippen LogP contribution in [-0.2, 0) is 41.7 Å². The van der Waals surface area contributed by atoms with Gasteiger partial charge >= 0.3 is 0 Å². The minimum Gasteiger partial charge on any atom is -0.489 e. The van der Waals surface area contributed by atoms with Crippen molar-refractivity contribution in [3.05, 3.63) is 137 Å². The second-order valence-electron chi connectivity index (χ2n) is 16.1. The highest BCUT2D eigenvalue weighted by atomic mass is 16.5. The topological polar surface area (TPSA) is 44.8 Å². The van der Waals surface area contributed by atoms with Gasteiger partial charge in [-0.05, 0) is 88.7 Å². The van der Waals surface area contributed by atoms with Crippen LogP contribution in [0.2, 0.25) is 0 Å². The fourth-order valence-electron chi connectivity index (χ4n) is 6.68. The standard InChI is InChI=1S/C45H59N3O2/c1-44(2,3)39-21-15-36(16-22-39)32-48(33-37-17-23-40(24-18-37)45(4,5)6)42(43(49)46-27-30-47-28-11-8-12-29-47)31-35-19-25-41(26-20-35)50-34-38-13-9-7-10-14-38/h7,9-10,13-26,42H,8,11-12,27-34H2,1-6H3,(H,46,49). The predicted octanol–water partition coefficient (Wildman–Crippen LogP) is 9.08. The van der Waals surface area contributed by atoms with Crippen LogP contribution in [0.3, 0.4) is 0 Å². The molecule has 1 saturated heterocycles. The van der Waals surface area contributed by atoms with Crippen LogP contribution in [-0.4, -0.2) is 47.9 Å². The highest BCUT2D eigenvalue weighted by Crippen LogP contribution is 2.26. The van der Waals surface area contributed by atoms with Gasteiger partial charge in [0.15, 0.2) is 0 Å². The van der Waals surface area contributed by atoms with Gasteiger partial charge < -0.3 is 15.0 Å². The summed E-state index contributed by atoms with van der Waals surface area (Å²) in [5.74, 6) is 0.916. The van der Waals surface area contributed by atoms with Gasteiger partial charge in [0.25, 0.3) is 0 Å². The van der Waals surface area contributed by atoms with Crippen molar-refractivity contribution in [1.82, 2.24) is 15.1 Å². The number of nitrogens with zero attached hydrogens (tertiary/aromatic N) is 2. The first kappa shape index (κ1) is 37.3.